The van der Waals surface area contributed by atoms with Crippen molar-refractivity contribution in [3.63, 3.8) is 0 Å². The third-order valence-electron chi connectivity index (χ3n) is 1.86. The Balaban J connectivity index is 2.28. The zero-order valence-corrected chi connectivity index (χ0v) is 9.35. The number of pyridine rings is 1. The van der Waals surface area contributed by atoms with E-state index in [1.807, 2.05) is 0 Å². The molecule has 0 fully saturated rings. The lowest BCUT2D eigenvalue weighted by Crippen LogP contribution is -2.14. The molecule has 0 radical (unpaired) electrons. The highest BCUT2D eigenvalue weighted by atomic mass is 32.2. The van der Waals surface area contributed by atoms with Gasteiger partial charge in [-0.15, -0.1) is 0 Å². The normalized spacial score (nSPS) is 11.3. The van der Waals surface area contributed by atoms with Gasteiger partial charge in [0, 0.05) is 19.4 Å². The summed E-state index contributed by atoms with van der Waals surface area (Å²) in [5, 5.41) is -0.0272. The summed E-state index contributed by atoms with van der Waals surface area (Å²) >= 11 is 0. The van der Waals surface area contributed by atoms with Crippen molar-refractivity contribution in [3.05, 3.63) is 36.9 Å². The summed E-state index contributed by atoms with van der Waals surface area (Å²) in [6, 6.07) is 4.97. The molecule has 7 heteroatoms. The fourth-order valence-electron chi connectivity index (χ4n) is 1.14. The number of hydrogen-bond acceptors (Lipinski definition) is 4. The van der Waals surface area contributed by atoms with Gasteiger partial charge in [-0.2, -0.15) is 8.42 Å². The van der Waals surface area contributed by atoms with Crippen LogP contribution < -0.4 is 4.72 Å². The monoisotopic (exact) mass is 238 g/mol. The van der Waals surface area contributed by atoms with Crippen molar-refractivity contribution in [3.8, 4) is 0 Å². The molecule has 0 saturated heterocycles. The predicted molar refractivity (Wildman–Crippen MR) is 58.3 cm³/mol. The van der Waals surface area contributed by atoms with Gasteiger partial charge in [-0.3, -0.25) is 4.72 Å². The highest BCUT2D eigenvalue weighted by Gasteiger charge is 2.17. The second kappa shape index (κ2) is 3.93. The van der Waals surface area contributed by atoms with Gasteiger partial charge in [-0.05, 0) is 12.1 Å². The van der Waals surface area contributed by atoms with Crippen LogP contribution in [-0.2, 0) is 17.1 Å². The second-order valence-corrected chi connectivity index (χ2v) is 4.83. The summed E-state index contributed by atoms with van der Waals surface area (Å²) in [7, 11) is -1.94. The van der Waals surface area contributed by atoms with Crippen LogP contribution >= 0.6 is 0 Å². The number of sulfonamides is 1. The van der Waals surface area contributed by atoms with Crippen molar-refractivity contribution in [2.24, 2.45) is 7.05 Å². The SMILES string of the molecule is Cn1cnc(S(=O)(=O)Nc2ccccn2)c1. The van der Waals surface area contributed by atoms with Crippen LogP contribution in [-0.4, -0.2) is 23.0 Å². The molecule has 6 nitrogen and oxygen atoms in total. The Morgan fingerprint density at radius 3 is 2.69 bits per heavy atom. The minimum absolute atomic E-state index is 0.0272. The summed E-state index contributed by atoms with van der Waals surface area (Å²) in [6.07, 6.45) is 4.36. The fourth-order valence-corrected chi connectivity index (χ4v) is 2.13. The van der Waals surface area contributed by atoms with Crippen molar-refractivity contribution in [1.82, 2.24) is 14.5 Å². The van der Waals surface area contributed by atoms with Gasteiger partial charge in [-0.25, -0.2) is 9.97 Å². The number of hydrogen-bond donors (Lipinski definition) is 1. The molecule has 2 rings (SSSR count). The Hall–Kier alpha value is -1.89. The summed E-state index contributed by atoms with van der Waals surface area (Å²) in [5.74, 6) is 0.271. The van der Waals surface area contributed by atoms with Crippen LogP contribution in [0.15, 0.2) is 41.9 Å². The smallest absolute Gasteiger partial charge is 0.282 e. The minimum Gasteiger partial charge on any atom is -0.339 e. The van der Waals surface area contributed by atoms with Crippen molar-refractivity contribution >= 4 is 15.8 Å². The molecule has 16 heavy (non-hydrogen) atoms. The van der Waals surface area contributed by atoms with Gasteiger partial charge in [-0.1, -0.05) is 6.07 Å². The number of nitrogens with one attached hydrogen (secondary N) is 1. The predicted octanol–water partition coefficient (Wildman–Crippen LogP) is 0.616. The Bertz CT molecular complexity index is 577. The van der Waals surface area contributed by atoms with E-state index in [0.717, 1.165) is 0 Å². The molecule has 0 spiro atoms. The first kappa shape index (κ1) is 10.6. The quantitative estimate of drug-likeness (QED) is 0.850. The van der Waals surface area contributed by atoms with Crippen molar-refractivity contribution in [2.45, 2.75) is 5.03 Å². The highest BCUT2D eigenvalue weighted by Crippen LogP contribution is 2.10. The Kier molecular flexibility index (Phi) is 2.61. The lowest BCUT2D eigenvalue weighted by atomic mass is 10.5. The average molecular weight is 238 g/mol. The molecule has 0 atom stereocenters. The van der Waals surface area contributed by atoms with Crippen LogP contribution in [0.4, 0.5) is 5.82 Å². The van der Waals surface area contributed by atoms with Crippen LogP contribution in [0.2, 0.25) is 0 Å². The molecular formula is C9H10N4O2S. The molecule has 1 N–H and O–H groups in total. The molecule has 0 bridgehead atoms. The molecule has 0 unspecified atom stereocenters. The van der Waals surface area contributed by atoms with E-state index < -0.39 is 10.0 Å². The van der Waals surface area contributed by atoms with Crippen molar-refractivity contribution < 1.29 is 8.42 Å². The van der Waals surface area contributed by atoms with Crippen LogP contribution in [0, 0.1) is 0 Å². The maximum atomic E-state index is 11.8. The van der Waals surface area contributed by atoms with Crippen LogP contribution in [0.5, 0.6) is 0 Å². The standard InChI is InChI=1S/C9H10N4O2S/c1-13-6-9(11-7-13)16(14,15)12-8-4-2-3-5-10-8/h2-7H,1H3,(H,10,12). The van der Waals surface area contributed by atoms with Gasteiger partial charge in [0.25, 0.3) is 10.0 Å². The molecule has 0 saturated carbocycles. The number of imidazole rings is 1. The van der Waals surface area contributed by atoms with Gasteiger partial charge >= 0.3 is 0 Å². The van der Waals surface area contributed by atoms with E-state index in [1.165, 1.54) is 18.7 Å². The molecule has 2 heterocycles. The molecule has 0 aliphatic heterocycles. The zero-order valence-electron chi connectivity index (χ0n) is 8.53. The Morgan fingerprint density at radius 1 is 1.31 bits per heavy atom. The summed E-state index contributed by atoms with van der Waals surface area (Å²) in [6.45, 7) is 0. The highest BCUT2D eigenvalue weighted by molar-refractivity contribution is 7.92. The number of aromatic nitrogens is 3. The van der Waals surface area contributed by atoms with Gasteiger partial charge in [0.15, 0.2) is 5.03 Å². The minimum atomic E-state index is -3.64. The van der Waals surface area contributed by atoms with E-state index in [4.69, 9.17) is 0 Å². The lowest BCUT2D eigenvalue weighted by Gasteiger charge is -2.03. The van der Waals surface area contributed by atoms with E-state index >= 15 is 0 Å². The molecule has 0 aromatic carbocycles. The lowest BCUT2D eigenvalue weighted by molar-refractivity contribution is 0.598. The maximum Gasteiger partial charge on any atom is 0.282 e. The van der Waals surface area contributed by atoms with Crippen LogP contribution in [0.25, 0.3) is 0 Å². The van der Waals surface area contributed by atoms with Crippen molar-refractivity contribution in [2.75, 3.05) is 4.72 Å². The Labute approximate surface area is 93.0 Å². The van der Waals surface area contributed by atoms with Crippen molar-refractivity contribution in [1.29, 1.82) is 0 Å². The van der Waals surface area contributed by atoms with Gasteiger partial charge in [0.2, 0.25) is 0 Å². The van der Waals surface area contributed by atoms with Crippen LogP contribution in [0.3, 0.4) is 0 Å². The number of rotatable bonds is 3. The number of nitrogens with zero attached hydrogens (tertiary/aromatic N) is 3. The molecule has 0 aliphatic rings. The third kappa shape index (κ3) is 2.19. The van der Waals surface area contributed by atoms with E-state index in [-0.39, 0.29) is 10.8 Å². The number of anilines is 1. The topological polar surface area (TPSA) is 76.9 Å². The zero-order chi connectivity index (χ0) is 11.6. The summed E-state index contributed by atoms with van der Waals surface area (Å²) in [4.78, 5) is 7.64. The largest absolute Gasteiger partial charge is 0.339 e. The first-order chi connectivity index (χ1) is 7.58. The van der Waals surface area contributed by atoms with Gasteiger partial charge in [0.05, 0.1) is 6.33 Å². The molecule has 84 valence electrons. The van der Waals surface area contributed by atoms with E-state index in [0.29, 0.717) is 0 Å². The number of aryl methyl sites for hydroxylation is 1. The van der Waals surface area contributed by atoms with Gasteiger partial charge in [0.1, 0.15) is 5.82 Å². The van der Waals surface area contributed by atoms with Gasteiger partial charge < -0.3 is 4.57 Å². The van der Waals surface area contributed by atoms with E-state index in [2.05, 4.69) is 14.7 Å². The molecule has 2 aromatic heterocycles. The molecular weight excluding hydrogens is 228 g/mol. The molecule has 0 aliphatic carbocycles. The Morgan fingerprint density at radius 2 is 2.12 bits per heavy atom. The summed E-state index contributed by atoms with van der Waals surface area (Å²) in [5.41, 5.74) is 0. The van der Waals surface area contributed by atoms with Crippen LogP contribution in [0.1, 0.15) is 0 Å². The first-order valence-corrected chi connectivity index (χ1v) is 5.98. The average Bonchev–Trinajstić information content (AvgIpc) is 2.66. The summed E-state index contributed by atoms with van der Waals surface area (Å²) < 4.78 is 27.5. The fraction of sp³-hybridized carbons (Fsp3) is 0.111. The maximum absolute atomic E-state index is 11.8. The third-order valence-corrected chi connectivity index (χ3v) is 3.10. The first-order valence-electron chi connectivity index (χ1n) is 4.50. The van der Waals surface area contributed by atoms with E-state index in [1.54, 1.807) is 29.8 Å². The second-order valence-electron chi connectivity index (χ2n) is 3.20. The molecule has 0 amide bonds. The van der Waals surface area contributed by atoms with E-state index in [9.17, 15) is 8.42 Å². The molecule has 2 aromatic rings.